The van der Waals surface area contributed by atoms with Crippen LogP contribution in [0, 0.1) is 6.92 Å². The first-order valence-corrected chi connectivity index (χ1v) is 7.99. The molecule has 0 aliphatic carbocycles. The van der Waals surface area contributed by atoms with E-state index in [0.717, 1.165) is 11.1 Å². The van der Waals surface area contributed by atoms with Crippen molar-refractivity contribution in [1.82, 2.24) is 20.5 Å². The van der Waals surface area contributed by atoms with Gasteiger partial charge >= 0.3 is 0 Å². The van der Waals surface area contributed by atoms with Crippen LogP contribution in [0.25, 0.3) is 11.0 Å². The number of carbonyl (C=O) groups is 2. The van der Waals surface area contributed by atoms with Crippen molar-refractivity contribution >= 4 is 28.5 Å². The zero-order valence-electron chi connectivity index (χ0n) is 14.0. The Kier molecular flexibility index (Phi) is 4.74. The summed E-state index contributed by atoms with van der Waals surface area (Å²) in [5.41, 5.74) is 2.67. The van der Waals surface area contributed by atoms with Crippen molar-refractivity contribution in [3.8, 4) is 0 Å². The third-order valence-corrected chi connectivity index (χ3v) is 3.79. The fourth-order valence-corrected chi connectivity index (χ4v) is 2.53. The summed E-state index contributed by atoms with van der Waals surface area (Å²) in [6, 6.07) is 10.4. The molecule has 0 bridgehead atoms. The number of aromatic amines is 1. The van der Waals surface area contributed by atoms with Crippen LogP contribution in [0.5, 0.6) is 0 Å². The Morgan fingerprint density at radius 1 is 1.24 bits per heavy atom. The van der Waals surface area contributed by atoms with Crippen LogP contribution < -0.4 is 10.6 Å². The fourth-order valence-electron chi connectivity index (χ4n) is 2.53. The number of benzene rings is 1. The van der Waals surface area contributed by atoms with Crippen molar-refractivity contribution in [3.63, 3.8) is 0 Å². The number of nitrogens with zero attached hydrogens (tertiary/aromatic N) is 2. The third-order valence-electron chi connectivity index (χ3n) is 3.79. The third kappa shape index (κ3) is 4.00. The van der Waals surface area contributed by atoms with E-state index < -0.39 is 0 Å². The molecular formula is C18H19N5O2. The van der Waals surface area contributed by atoms with Crippen LogP contribution in [0.1, 0.15) is 29.4 Å². The Bertz CT molecular complexity index is 904. The topological polar surface area (TPSA) is 99.8 Å². The van der Waals surface area contributed by atoms with Gasteiger partial charge in [-0.05, 0) is 32.0 Å². The quantitative estimate of drug-likeness (QED) is 0.665. The summed E-state index contributed by atoms with van der Waals surface area (Å²) in [5, 5.41) is 13.4. The van der Waals surface area contributed by atoms with Gasteiger partial charge in [0, 0.05) is 29.1 Å². The lowest BCUT2D eigenvalue weighted by atomic mass is 10.1. The van der Waals surface area contributed by atoms with E-state index in [1.165, 1.54) is 0 Å². The second-order valence-electron chi connectivity index (χ2n) is 5.94. The molecule has 1 aromatic carbocycles. The average Bonchev–Trinajstić information content (AvgIpc) is 2.96. The Morgan fingerprint density at radius 3 is 2.76 bits per heavy atom. The lowest BCUT2D eigenvalue weighted by Crippen LogP contribution is -2.35. The lowest BCUT2D eigenvalue weighted by molar-refractivity contribution is -0.116. The molecule has 0 aliphatic heterocycles. The van der Waals surface area contributed by atoms with E-state index >= 15 is 0 Å². The van der Waals surface area contributed by atoms with Gasteiger partial charge in [-0.3, -0.25) is 14.7 Å². The van der Waals surface area contributed by atoms with Gasteiger partial charge in [0.2, 0.25) is 5.91 Å². The van der Waals surface area contributed by atoms with Crippen molar-refractivity contribution in [2.75, 3.05) is 5.32 Å². The van der Waals surface area contributed by atoms with Gasteiger partial charge in [-0.25, -0.2) is 4.98 Å². The van der Waals surface area contributed by atoms with Crippen LogP contribution >= 0.6 is 0 Å². The highest BCUT2D eigenvalue weighted by Crippen LogP contribution is 2.17. The smallest absolute Gasteiger partial charge is 0.251 e. The number of amides is 2. The number of anilines is 1. The highest BCUT2D eigenvalue weighted by molar-refractivity contribution is 5.96. The maximum Gasteiger partial charge on any atom is 0.251 e. The van der Waals surface area contributed by atoms with Gasteiger partial charge in [0.1, 0.15) is 0 Å². The summed E-state index contributed by atoms with van der Waals surface area (Å²) < 4.78 is 0. The Labute approximate surface area is 144 Å². The van der Waals surface area contributed by atoms with Gasteiger partial charge in [-0.2, -0.15) is 5.10 Å². The van der Waals surface area contributed by atoms with E-state index in [-0.39, 0.29) is 24.3 Å². The van der Waals surface area contributed by atoms with E-state index in [2.05, 4.69) is 25.8 Å². The number of carbonyl (C=O) groups excluding carboxylic acids is 2. The molecule has 7 nitrogen and oxygen atoms in total. The normalized spacial score (nSPS) is 11.9. The summed E-state index contributed by atoms with van der Waals surface area (Å²) in [7, 11) is 0. The standard InChI is InChI=1S/C18H19N5O2/c1-11(20-18(25)13-6-4-3-5-7-13)8-16(24)21-14-9-15-12(2)22-23-17(15)19-10-14/h3-7,9-11H,8H2,1-2H3,(H,20,25)(H,21,24)(H,19,22,23). The van der Waals surface area contributed by atoms with Gasteiger partial charge in [-0.1, -0.05) is 18.2 Å². The van der Waals surface area contributed by atoms with E-state index in [9.17, 15) is 9.59 Å². The number of pyridine rings is 1. The number of fused-ring (bicyclic) bond motifs is 1. The molecule has 0 fully saturated rings. The van der Waals surface area contributed by atoms with Crippen molar-refractivity contribution < 1.29 is 9.59 Å². The lowest BCUT2D eigenvalue weighted by Gasteiger charge is -2.14. The Morgan fingerprint density at radius 2 is 2.00 bits per heavy atom. The number of H-pyrrole nitrogens is 1. The SMILES string of the molecule is Cc1[nH]nc2ncc(NC(=O)CC(C)NC(=O)c3ccccc3)cc12. The molecular weight excluding hydrogens is 318 g/mol. The molecule has 3 N–H and O–H groups in total. The molecule has 128 valence electrons. The largest absolute Gasteiger partial charge is 0.349 e. The zero-order valence-corrected chi connectivity index (χ0v) is 14.0. The van der Waals surface area contributed by atoms with Gasteiger partial charge in [0.25, 0.3) is 5.91 Å². The minimum Gasteiger partial charge on any atom is -0.349 e. The van der Waals surface area contributed by atoms with Crippen LogP contribution in [-0.4, -0.2) is 33.0 Å². The molecule has 2 heterocycles. The fraction of sp³-hybridized carbons (Fsp3) is 0.222. The molecule has 1 atom stereocenters. The number of hydrogen-bond donors (Lipinski definition) is 3. The first-order chi connectivity index (χ1) is 12.0. The van der Waals surface area contributed by atoms with Crippen molar-refractivity contribution in [3.05, 3.63) is 53.9 Å². The summed E-state index contributed by atoms with van der Waals surface area (Å²) in [6.07, 6.45) is 1.73. The van der Waals surface area contributed by atoms with E-state index in [4.69, 9.17) is 0 Å². The van der Waals surface area contributed by atoms with Gasteiger partial charge < -0.3 is 10.6 Å². The van der Waals surface area contributed by atoms with Crippen molar-refractivity contribution in [2.24, 2.45) is 0 Å². The highest BCUT2D eigenvalue weighted by atomic mass is 16.2. The van der Waals surface area contributed by atoms with Crippen LogP contribution in [0.15, 0.2) is 42.6 Å². The molecule has 0 radical (unpaired) electrons. The average molecular weight is 337 g/mol. The van der Waals surface area contributed by atoms with E-state index in [1.54, 1.807) is 37.4 Å². The predicted octanol–water partition coefficient (Wildman–Crippen LogP) is 2.41. The van der Waals surface area contributed by atoms with Gasteiger partial charge in [0.05, 0.1) is 11.9 Å². The molecule has 2 amide bonds. The van der Waals surface area contributed by atoms with Gasteiger partial charge in [-0.15, -0.1) is 0 Å². The summed E-state index contributed by atoms with van der Waals surface area (Å²) in [4.78, 5) is 28.5. The molecule has 7 heteroatoms. The molecule has 3 rings (SSSR count). The maximum absolute atomic E-state index is 12.2. The number of aromatic nitrogens is 3. The van der Waals surface area contributed by atoms with Crippen LogP contribution in [-0.2, 0) is 4.79 Å². The van der Waals surface area contributed by atoms with Crippen LogP contribution in [0.3, 0.4) is 0 Å². The molecule has 25 heavy (non-hydrogen) atoms. The molecule has 0 saturated heterocycles. The summed E-state index contributed by atoms with van der Waals surface area (Å²) in [5.74, 6) is -0.388. The maximum atomic E-state index is 12.2. The molecule has 0 saturated carbocycles. The molecule has 0 aliphatic rings. The first kappa shape index (κ1) is 16.6. The Balaban J connectivity index is 1.57. The second-order valence-corrected chi connectivity index (χ2v) is 5.94. The molecule has 3 aromatic rings. The monoisotopic (exact) mass is 337 g/mol. The zero-order chi connectivity index (χ0) is 17.8. The van der Waals surface area contributed by atoms with Gasteiger partial charge in [0.15, 0.2) is 5.65 Å². The second kappa shape index (κ2) is 7.12. The summed E-state index contributed by atoms with van der Waals surface area (Å²) >= 11 is 0. The molecule has 2 aromatic heterocycles. The minimum absolute atomic E-state index is 0.168. The highest BCUT2D eigenvalue weighted by Gasteiger charge is 2.14. The van der Waals surface area contributed by atoms with E-state index in [0.29, 0.717) is 16.9 Å². The van der Waals surface area contributed by atoms with Crippen molar-refractivity contribution in [2.45, 2.75) is 26.3 Å². The predicted molar refractivity (Wildman–Crippen MR) is 95.2 cm³/mol. The summed E-state index contributed by atoms with van der Waals surface area (Å²) in [6.45, 7) is 3.69. The molecule has 0 spiro atoms. The number of hydrogen-bond acceptors (Lipinski definition) is 4. The number of rotatable bonds is 5. The minimum atomic E-state index is -0.292. The molecule has 1 unspecified atom stereocenters. The van der Waals surface area contributed by atoms with E-state index in [1.807, 2.05) is 19.1 Å². The Hall–Kier alpha value is -3.22. The van der Waals surface area contributed by atoms with Crippen LogP contribution in [0.4, 0.5) is 5.69 Å². The number of aryl methyl sites for hydroxylation is 1. The van der Waals surface area contributed by atoms with Crippen molar-refractivity contribution in [1.29, 1.82) is 0 Å². The first-order valence-electron chi connectivity index (χ1n) is 7.99. The van der Waals surface area contributed by atoms with Crippen LogP contribution in [0.2, 0.25) is 0 Å². The number of nitrogens with one attached hydrogen (secondary N) is 3.